The second-order valence-electron chi connectivity index (χ2n) is 17.4. The standard InChI is InChI=1S/C32H23N4O.C19H26GeN.Ir/c1-19-16-26-24-13-9-14-25(30(24)37-32(26)34-21(19)3)31-35-29-20(2)17-33-18-28(29)36(31)27-15-8-7-12-23(27)22-10-5-4-6-11-22;1-19(2,3)13-16-12-18(15-10-8-7-9-11-15)21-14-17(16)20(4,5)6;/h4-13,15-18H,1-3H3;7-10,12,14H,13H2,1-6H3;/q2*-1;. The smallest absolute Gasteiger partial charge is 0.216 e. The van der Waals surface area contributed by atoms with E-state index in [2.05, 4.69) is 140 Å². The Morgan fingerprint density at radius 3 is 2.22 bits per heavy atom. The molecular formula is C51H49GeIrN5O-2. The third kappa shape index (κ3) is 8.61. The largest absolute Gasteiger partial charge is 0.486 e. The maximum Gasteiger partial charge on any atom is 0.216 e. The predicted octanol–water partition coefficient (Wildman–Crippen LogP) is 12.5. The Balaban J connectivity index is 0.000000206. The molecule has 0 N–H and O–H groups in total. The SMILES string of the molecule is CC(C)(C)Cc1cc(-c2[c-]cccc2)nc[c]1[Ge]([CH3])([CH3])[CH3].Cc1cc2c(nc1C)oc1c(-c3nc4c(C)cncc4n3-c3ccccc3-c3ccccc3)[c-]ccc12.[Ir]. The minimum atomic E-state index is -1.90. The molecule has 5 heterocycles. The molecule has 4 aromatic carbocycles. The Morgan fingerprint density at radius 1 is 0.746 bits per heavy atom. The van der Waals surface area contributed by atoms with E-state index >= 15 is 0 Å². The van der Waals surface area contributed by atoms with E-state index in [-0.39, 0.29) is 20.1 Å². The van der Waals surface area contributed by atoms with Crippen LogP contribution in [0.1, 0.15) is 43.2 Å². The maximum atomic E-state index is 6.39. The zero-order chi connectivity index (χ0) is 40.8. The molecule has 0 aliphatic rings. The van der Waals surface area contributed by atoms with Gasteiger partial charge in [0, 0.05) is 48.6 Å². The van der Waals surface area contributed by atoms with E-state index in [4.69, 9.17) is 19.4 Å². The molecule has 5 aromatic heterocycles. The summed E-state index contributed by atoms with van der Waals surface area (Å²) >= 11 is -1.90. The van der Waals surface area contributed by atoms with Crippen LogP contribution < -0.4 is 4.40 Å². The summed E-state index contributed by atoms with van der Waals surface area (Å²) in [6, 6.07) is 42.0. The summed E-state index contributed by atoms with van der Waals surface area (Å²) in [5, 5.41) is 2.00. The molecule has 8 heteroatoms. The summed E-state index contributed by atoms with van der Waals surface area (Å²) in [7, 11) is 0. The van der Waals surface area contributed by atoms with Crippen molar-refractivity contribution in [2.45, 2.75) is 65.2 Å². The molecule has 299 valence electrons. The van der Waals surface area contributed by atoms with Crippen LogP contribution in [0.3, 0.4) is 0 Å². The summed E-state index contributed by atoms with van der Waals surface area (Å²) < 4.78 is 10.1. The van der Waals surface area contributed by atoms with Gasteiger partial charge in [-0.15, -0.1) is 18.2 Å². The number of aromatic nitrogens is 5. The van der Waals surface area contributed by atoms with Crippen molar-refractivity contribution in [3.8, 4) is 39.5 Å². The van der Waals surface area contributed by atoms with Crippen molar-refractivity contribution in [1.29, 1.82) is 0 Å². The van der Waals surface area contributed by atoms with Gasteiger partial charge in [-0.05, 0) is 49.6 Å². The molecule has 0 saturated heterocycles. The van der Waals surface area contributed by atoms with Gasteiger partial charge in [-0.2, -0.15) is 0 Å². The molecule has 0 unspecified atom stereocenters. The van der Waals surface area contributed by atoms with Crippen LogP contribution >= 0.6 is 0 Å². The van der Waals surface area contributed by atoms with Gasteiger partial charge in [0.05, 0.1) is 28.6 Å². The van der Waals surface area contributed by atoms with Crippen molar-refractivity contribution >= 4 is 50.8 Å². The van der Waals surface area contributed by atoms with Gasteiger partial charge < -0.3 is 8.98 Å². The number of benzene rings is 4. The normalized spacial score (nSPS) is 11.7. The number of rotatable bonds is 6. The first kappa shape index (κ1) is 41.9. The fourth-order valence-electron chi connectivity index (χ4n) is 7.67. The van der Waals surface area contributed by atoms with Gasteiger partial charge in [0.2, 0.25) is 5.71 Å². The van der Waals surface area contributed by atoms with Crippen LogP contribution in [-0.4, -0.2) is 37.8 Å². The van der Waals surface area contributed by atoms with Crippen molar-refractivity contribution in [3.05, 3.63) is 156 Å². The molecule has 9 aromatic rings. The Kier molecular flexibility index (Phi) is 11.9. The first-order valence-corrected chi connectivity index (χ1v) is 27.3. The Morgan fingerprint density at radius 2 is 1.49 bits per heavy atom. The second-order valence-corrected chi connectivity index (χ2v) is 28.0. The minimum Gasteiger partial charge on any atom is -0.486 e. The number of hydrogen-bond acceptors (Lipinski definition) is 5. The molecule has 0 atom stereocenters. The van der Waals surface area contributed by atoms with E-state index in [1.165, 1.54) is 9.96 Å². The summed E-state index contributed by atoms with van der Waals surface area (Å²) in [4.78, 5) is 19.1. The summed E-state index contributed by atoms with van der Waals surface area (Å²) in [6.45, 7) is 13.0. The first-order valence-electron chi connectivity index (χ1n) is 19.9. The van der Waals surface area contributed by atoms with Crippen LogP contribution in [0.2, 0.25) is 17.3 Å². The average Bonchev–Trinajstić information content (AvgIpc) is 3.77. The van der Waals surface area contributed by atoms with E-state index < -0.39 is 13.3 Å². The number of pyridine rings is 3. The van der Waals surface area contributed by atoms with E-state index in [0.717, 1.165) is 90.1 Å². The maximum absolute atomic E-state index is 6.39. The number of nitrogens with zero attached hydrogens (tertiary/aromatic N) is 5. The van der Waals surface area contributed by atoms with Crippen LogP contribution in [0, 0.1) is 38.3 Å². The van der Waals surface area contributed by atoms with Crippen molar-refractivity contribution < 1.29 is 24.5 Å². The quantitative estimate of drug-likeness (QED) is 0.123. The monoisotopic (exact) mass is 1010 g/mol. The zero-order valence-corrected chi connectivity index (χ0v) is 39.7. The van der Waals surface area contributed by atoms with Gasteiger partial charge in [0.25, 0.3) is 0 Å². The fourth-order valence-corrected chi connectivity index (χ4v) is 11.0. The van der Waals surface area contributed by atoms with Crippen molar-refractivity contribution in [2.75, 3.05) is 0 Å². The minimum absolute atomic E-state index is 0. The first-order chi connectivity index (χ1) is 27.8. The molecule has 9 rings (SSSR count). The summed E-state index contributed by atoms with van der Waals surface area (Å²) in [6.07, 6.45) is 6.98. The molecule has 0 fully saturated rings. The van der Waals surface area contributed by atoms with Gasteiger partial charge in [-0.3, -0.25) is 9.97 Å². The Labute approximate surface area is 363 Å². The van der Waals surface area contributed by atoms with Gasteiger partial charge in [0.15, 0.2) is 0 Å². The predicted molar refractivity (Wildman–Crippen MR) is 243 cm³/mol. The summed E-state index contributed by atoms with van der Waals surface area (Å²) in [5.74, 6) is 8.08. The molecular weight excluding hydrogens is 963 g/mol. The van der Waals surface area contributed by atoms with E-state index in [1.807, 2.05) is 62.6 Å². The van der Waals surface area contributed by atoms with Gasteiger partial charge in [0.1, 0.15) is 0 Å². The number of fused-ring (bicyclic) bond motifs is 4. The molecule has 59 heavy (non-hydrogen) atoms. The molecule has 1 radical (unpaired) electrons. The van der Waals surface area contributed by atoms with Crippen LogP contribution in [0.5, 0.6) is 0 Å². The number of furan rings is 1. The Hall–Kier alpha value is -5.21. The third-order valence-electron chi connectivity index (χ3n) is 10.6. The van der Waals surface area contributed by atoms with Gasteiger partial charge >= 0.3 is 132 Å². The van der Waals surface area contributed by atoms with E-state index in [9.17, 15) is 0 Å². The number of para-hydroxylation sites is 1. The fraction of sp³-hybridized carbons (Fsp3) is 0.216. The molecule has 0 aliphatic carbocycles. The number of hydrogen-bond donors (Lipinski definition) is 0. The topological polar surface area (TPSA) is 69.6 Å². The molecule has 0 amide bonds. The molecule has 0 bridgehead atoms. The second kappa shape index (κ2) is 16.8. The van der Waals surface area contributed by atoms with Crippen molar-refractivity contribution in [3.63, 3.8) is 0 Å². The Bertz CT molecular complexity index is 2920. The van der Waals surface area contributed by atoms with Crippen LogP contribution in [0.15, 0.2) is 126 Å². The van der Waals surface area contributed by atoms with Crippen molar-refractivity contribution in [2.24, 2.45) is 5.41 Å². The van der Waals surface area contributed by atoms with Crippen LogP contribution in [0.4, 0.5) is 0 Å². The average molecular weight is 1010 g/mol. The number of imidazole rings is 1. The zero-order valence-electron chi connectivity index (χ0n) is 35.2. The number of aryl methyl sites for hydroxylation is 3. The van der Waals surface area contributed by atoms with Crippen LogP contribution in [-0.2, 0) is 26.5 Å². The van der Waals surface area contributed by atoms with Gasteiger partial charge in [-0.25, -0.2) is 4.98 Å². The summed E-state index contributed by atoms with van der Waals surface area (Å²) in [5.41, 5.74) is 14.3. The molecule has 0 saturated carbocycles. The van der Waals surface area contributed by atoms with Crippen LogP contribution in [0.25, 0.3) is 72.6 Å². The van der Waals surface area contributed by atoms with E-state index in [0.29, 0.717) is 11.1 Å². The molecule has 0 spiro atoms. The van der Waals surface area contributed by atoms with Crippen molar-refractivity contribution in [1.82, 2.24) is 24.5 Å². The van der Waals surface area contributed by atoms with E-state index in [1.54, 1.807) is 0 Å². The van der Waals surface area contributed by atoms with Gasteiger partial charge in [-0.1, -0.05) is 59.5 Å². The molecule has 6 nitrogen and oxygen atoms in total. The third-order valence-corrected chi connectivity index (χ3v) is 14.9. The molecule has 0 aliphatic heterocycles.